The summed E-state index contributed by atoms with van der Waals surface area (Å²) in [6.07, 6.45) is 1.46. The van der Waals surface area contributed by atoms with Crippen LogP contribution in [-0.2, 0) is 6.42 Å². The molecule has 0 atom stereocenters. The minimum absolute atomic E-state index is 0.0137. The summed E-state index contributed by atoms with van der Waals surface area (Å²) in [6, 6.07) is 8.75. The average Bonchev–Trinajstić information content (AvgIpc) is 3.03. The molecule has 0 unspecified atom stereocenters. The van der Waals surface area contributed by atoms with Gasteiger partial charge in [-0.3, -0.25) is 0 Å². The number of halogens is 2. The molecule has 2 aromatic carbocycles. The van der Waals surface area contributed by atoms with Crippen LogP contribution in [0.25, 0.3) is 16.8 Å². The summed E-state index contributed by atoms with van der Waals surface area (Å²) in [5.41, 5.74) is 1.12. The van der Waals surface area contributed by atoms with Crippen LogP contribution in [0.4, 0.5) is 4.39 Å². The fourth-order valence-corrected chi connectivity index (χ4v) is 2.68. The standard InChI is InChI=1S/C17H14ClFN4O2/c1-2-3-16-20-21-22-23(16)13-7-10(6-11(8-13)17(24)25)14-5-4-12(18)9-15(14)19/h4-9H,2-3H2,1H3,(H,24,25). The van der Waals surface area contributed by atoms with E-state index in [9.17, 15) is 14.3 Å². The first-order valence-corrected chi connectivity index (χ1v) is 7.99. The van der Waals surface area contributed by atoms with Crippen LogP contribution in [-0.4, -0.2) is 31.3 Å². The first kappa shape index (κ1) is 17.0. The van der Waals surface area contributed by atoms with E-state index in [4.69, 9.17) is 11.6 Å². The molecule has 0 spiro atoms. The molecule has 0 aliphatic carbocycles. The normalized spacial score (nSPS) is 10.8. The van der Waals surface area contributed by atoms with E-state index in [0.29, 0.717) is 23.5 Å². The predicted octanol–water partition coefficient (Wildman–Crippen LogP) is 3.77. The second-order valence-corrected chi connectivity index (χ2v) is 5.89. The van der Waals surface area contributed by atoms with Crippen molar-refractivity contribution in [2.75, 3.05) is 0 Å². The van der Waals surface area contributed by atoms with Gasteiger partial charge in [0.25, 0.3) is 0 Å². The van der Waals surface area contributed by atoms with Gasteiger partial charge in [-0.2, -0.15) is 4.68 Å². The molecule has 0 saturated carbocycles. The smallest absolute Gasteiger partial charge is 0.335 e. The minimum Gasteiger partial charge on any atom is -0.478 e. The number of carbonyl (C=O) groups is 1. The van der Waals surface area contributed by atoms with Crippen LogP contribution < -0.4 is 0 Å². The molecule has 1 N–H and O–H groups in total. The second-order valence-electron chi connectivity index (χ2n) is 5.45. The number of carboxylic acid groups (broad SMARTS) is 1. The van der Waals surface area contributed by atoms with E-state index in [0.717, 1.165) is 6.42 Å². The molecule has 0 radical (unpaired) electrons. The maximum Gasteiger partial charge on any atom is 0.335 e. The number of tetrazole rings is 1. The topological polar surface area (TPSA) is 80.9 Å². The Morgan fingerprint density at radius 3 is 2.76 bits per heavy atom. The summed E-state index contributed by atoms with van der Waals surface area (Å²) in [4.78, 5) is 11.5. The monoisotopic (exact) mass is 360 g/mol. The lowest BCUT2D eigenvalue weighted by molar-refractivity contribution is 0.0697. The molecule has 0 aliphatic heterocycles. The van der Waals surface area contributed by atoms with Crippen molar-refractivity contribution >= 4 is 17.6 Å². The summed E-state index contributed by atoms with van der Waals surface area (Å²) in [6.45, 7) is 1.99. The molecule has 1 heterocycles. The zero-order valence-corrected chi connectivity index (χ0v) is 14.0. The van der Waals surface area contributed by atoms with Crippen molar-refractivity contribution in [1.29, 1.82) is 0 Å². The highest BCUT2D eigenvalue weighted by Crippen LogP contribution is 2.28. The molecule has 6 nitrogen and oxygen atoms in total. The van der Waals surface area contributed by atoms with Gasteiger partial charge in [0.15, 0.2) is 5.82 Å². The van der Waals surface area contributed by atoms with E-state index < -0.39 is 11.8 Å². The Morgan fingerprint density at radius 1 is 1.28 bits per heavy atom. The molecular weight excluding hydrogens is 347 g/mol. The molecule has 0 bridgehead atoms. The van der Waals surface area contributed by atoms with Crippen molar-refractivity contribution < 1.29 is 14.3 Å². The zero-order valence-electron chi connectivity index (χ0n) is 13.3. The van der Waals surface area contributed by atoms with Gasteiger partial charge >= 0.3 is 5.97 Å². The zero-order chi connectivity index (χ0) is 18.0. The van der Waals surface area contributed by atoms with Crippen LogP contribution in [0.1, 0.15) is 29.5 Å². The average molecular weight is 361 g/mol. The first-order chi connectivity index (χ1) is 12.0. The lowest BCUT2D eigenvalue weighted by Crippen LogP contribution is -2.06. The Morgan fingerprint density at radius 2 is 2.08 bits per heavy atom. The largest absolute Gasteiger partial charge is 0.478 e. The summed E-state index contributed by atoms with van der Waals surface area (Å²) in [7, 11) is 0. The summed E-state index contributed by atoms with van der Waals surface area (Å²) in [5.74, 6) is -1.05. The van der Waals surface area contributed by atoms with Gasteiger partial charge in [0, 0.05) is 17.0 Å². The lowest BCUT2D eigenvalue weighted by Gasteiger charge is -2.10. The molecule has 25 heavy (non-hydrogen) atoms. The van der Waals surface area contributed by atoms with Crippen molar-refractivity contribution in [2.24, 2.45) is 0 Å². The van der Waals surface area contributed by atoms with Crippen molar-refractivity contribution in [3.05, 3.63) is 58.6 Å². The number of rotatable bonds is 5. The molecule has 1 aromatic heterocycles. The van der Waals surface area contributed by atoms with E-state index >= 15 is 0 Å². The maximum absolute atomic E-state index is 14.3. The molecule has 0 fully saturated rings. The highest BCUT2D eigenvalue weighted by molar-refractivity contribution is 6.30. The van der Waals surface area contributed by atoms with Crippen molar-refractivity contribution in [3.63, 3.8) is 0 Å². The predicted molar refractivity (Wildman–Crippen MR) is 90.5 cm³/mol. The fourth-order valence-electron chi connectivity index (χ4n) is 2.52. The van der Waals surface area contributed by atoms with Crippen LogP contribution in [0.2, 0.25) is 5.02 Å². The Bertz CT molecular complexity index is 942. The van der Waals surface area contributed by atoms with Gasteiger partial charge in [0.2, 0.25) is 0 Å². The van der Waals surface area contributed by atoms with Gasteiger partial charge in [-0.05, 0) is 58.8 Å². The van der Waals surface area contributed by atoms with Crippen LogP contribution >= 0.6 is 11.6 Å². The van der Waals surface area contributed by atoms with E-state index in [2.05, 4.69) is 15.5 Å². The Hall–Kier alpha value is -2.80. The number of nitrogens with zero attached hydrogens (tertiary/aromatic N) is 4. The van der Waals surface area contributed by atoms with E-state index in [1.807, 2.05) is 6.92 Å². The second kappa shape index (κ2) is 6.98. The van der Waals surface area contributed by atoms with Gasteiger partial charge in [-0.1, -0.05) is 18.5 Å². The van der Waals surface area contributed by atoms with Crippen LogP contribution in [0.3, 0.4) is 0 Å². The molecule has 3 rings (SSSR count). The van der Waals surface area contributed by atoms with Gasteiger partial charge in [-0.15, -0.1) is 5.10 Å². The minimum atomic E-state index is -1.12. The third-order valence-electron chi connectivity index (χ3n) is 3.66. The molecule has 128 valence electrons. The number of aromatic carboxylic acids is 1. The molecule has 8 heteroatoms. The van der Waals surface area contributed by atoms with Gasteiger partial charge < -0.3 is 5.11 Å². The third-order valence-corrected chi connectivity index (χ3v) is 3.89. The SMILES string of the molecule is CCCc1nnnn1-c1cc(C(=O)O)cc(-c2ccc(Cl)cc2F)c1. The van der Waals surface area contributed by atoms with Crippen molar-refractivity contribution in [3.8, 4) is 16.8 Å². The number of aryl methyl sites for hydroxylation is 1. The molecule has 0 amide bonds. The van der Waals surface area contributed by atoms with Crippen LogP contribution in [0.15, 0.2) is 36.4 Å². The van der Waals surface area contributed by atoms with Crippen molar-refractivity contribution in [2.45, 2.75) is 19.8 Å². The van der Waals surface area contributed by atoms with Crippen LogP contribution in [0.5, 0.6) is 0 Å². The number of carboxylic acids is 1. The quantitative estimate of drug-likeness (QED) is 0.749. The van der Waals surface area contributed by atoms with Crippen molar-refractivity contribution in [1.82, 2.24) is 20.2 Å². The van der Waals surface area contributed by atoms with E-state index in [1.165, 1.54) is 28.9 Å². The Labute approximate surface area is 147 Å². The van der Waals surface area contributed by atoms with Crippen LogP contribution in [0, 0.1) is 5.82 Å². The molecule has 3 aromatic rings. The number of hydrogen-bond acceptors (Lipinski definition) is 4. The summed E-state index contributed by atoms with van der Waals surface area (Å²) >= 11 is 5.79. The maximum atomic E-state index is 14.3. The number of hydrogen-bond donors (Lipinski definition) is 1. The molecule has 0 aliphatic rings. The first-order valence-electron chi connectivity index (χ1n) is 7.61. The molecular formula is C17H14ClFN4O2. The number of aromatic nitrogens is 4. The van der Waals surface area contributed by atoms with Gasteiger partial charge in [0.1, 0.15) is 5.82 Å². The van der Waals surface area contributed by atoms with E-state index in [-0.39, 0.29) is 16.1 Å². The Kier molecular flexibility index (Phi) is 4.76. The highest BCUT2D eigenvalue weighted by atomic mass is 35.5. The number of benzene rings is 2. The third kappa shape index (κ3) is 3.51. The van der Waals surface area contributed by atoms with E-state index in [1.54, 1.807) is 12.1 Å². The molecule has 0 saturated heterocycles. The summed E-state index contributed by atoms with van der Waals surface area (Å²) in [5, 5.41) is 21.2. The van der Waals surface area contributed by atoms with Gasteiger partial charge in [0.05, 0.1) is 11.3 Å². The fraction of sp³-hybridized carbons (Fsp3) is 0.176. The lowest BCUT2D eigenvalue weighted by atomic mass is 10.0. The summed E-state index contributed by atoms with van der Waals surface area (Å²) < 4.78 is 15.7. The van der Waals surface area contributed by atoms with Gasteiger partial charge in [-0.25, -0.2) is 9.18 Å². The highest BCUT2D eigenvalue weighted by Gasteiger charge is 2.15. The Balaban J connectivity index is 2.18.